The van der Waals surface area contributed by atoms with Crippen molar-refractivity contribution in [2.75, 3.05) is 5.75 Å². The Morgan fingerprint density at radius 1 is 0.966 bits per heavy atom. The van der Waals surface area contributed by atoms with Crippen molar-refractivity contribution in [3.05, 3.63) is 48.0 Å². The van der Waals surface area contributed by atoms with E-state index in [2.05, 4.69) is 0 Å². The van der Waals surface area contributed by atoms with E-state index in [-0.39, 0.29) is 22.1 Å². The molecule has 156 valence electrons. The topological polar surface area (TPSA) is 61.8 Å². The lowest BCUT2D eigenvalue weighted by molar-refractivity contribution is 0.00578. The average molecular weight is 424 g/mol. The van der Waals surface area contributed by atoms with E-state index in [1.165, 1.54) is 18.2 Å². The van der Waals surface area contributed by atoms with Gasteiger partial charge in [0.2, 0.25) is 0 Å². The van der Waals surface area contributed by atoms with E-state index in [0.29, 0.717) is 11.5 Å². The van der Waals surface area contributed by atoms with E-state index in [9.17, 15) is 17.2 Å². The van der Waals surface area contributed by atoms with Gasteiger partial charge in [-0.3, -0.25) is 0 Å². The van der Waals surface area contributed by atoms with Gasteiger partial charge < -0.3 is 14.0 Å². The van der Waals surface area contributed by atoms with Crippen LogP contribution in [0.15, 0.2) is 41.3 Å². The van der Waals surface area contributed by atoms with Gasteiger partial charge >= 0.3 is 7.12 Å². The predicted octanol–water partition coefficient (Wildman–Crippen LogP) is 3.85. The molecule has 2 aromatic rings. The van der Waals surface area contributed by atoms with Crippen LogP contribution in [0.2, 0.25) is 0 Å². The van der Waals surface area contributed by atoms with Gasteiger partial charge in [0.05, 0.1) is 21.9 Å². The smallest absolute Gasteiger partial charge is 0.455 e. The Hall–Kier alpha value is -1.97. The lowest BCUT2D eigenvalue weighted by Crippen LogP contribution is -2.41. The molecule has 1 saturated heterocycles. The second-order valence-corrected chi connectivity index (χ2v) is 10.1. The minimum Gasteiger partial charge on any atom is -0.455 e. The number of benzene rings is 2. The van der Waals surface area contributed by atoms with Gasteiger partial charge in [0.1, 0.15) is 11.6 Å². The molecular weight excluding hydrogens is 401 g/mol. The summed E-state index contributed by atoms with van der Waals surface area (Å²) in [6, 6.07) is 7.16. The molecule has 1 aliphatic heterocycles. The molecule has 3 rings (SSSR count). The van der Waals surface area contributed by atoms with Crippen LogP contribution >= 0.6 is 0 Å². The summed E-state index contributed by atoms with van der Waals surface area (Å²) in [6.45, 7) is 8.99. The van der Waals surface area contributed by atoms with Crippen molar-refractivity contribution in [2.24, 2.45) is 0 Å². The Bertz CT molecular complexity index is 1020. The molecule has 5 nitrogen and oxygen atoms in total. The molecule has 0 atom stereocenters. The standard InChI is InChI=1S/C20H23BF2O5S/c1-6-29(24,25)14-8-10-17(26-18-9-7-13(22)11-16(18)23)15(12-14)21-27-19(2,3)20(4,5)28-21/h7-12H,6H2,1-5H3. The highest BCUT2D eigenvalue weighted by Gasteiger charge is 2.52. The lowest BCUT2D eigenvalue weighted by Gasteiger charge is -2.32. The summed E-state index contributed by atoms with van der Waals surface area (Å²) in [4.78, 5) is 0.0802. The molecule has 1 heterocycles. The molecule has 0 spiro atoms. The van der Waals surface area contributed by atoms with E-state index in [1.807, 2.05) is 27.7 Å². The Morgan fingerprint density at radius 2 is 1.55 bits per heavy atom. The summed E-state index contributed by atoms with van der Waals surface area (Å²) in [5.41, 5.74) is -1.03. The molecule has 0 aromatic heterocycles. The fourth-order valence-corrected chi connectivity index (χ4v) is 3.73. The minimum atomic E-state index is -3.50. The second-order valence-electron chi connectivity index (χ2n) is 7.87. The number of sulfone groups is 1. The van der Waals surface area contributed by atoms with Crippen LogP contribution < -0.4 is 10.2 Å². The molecule has 9 heteroatoms. The van der Waals surface area contributed by atoms with E-state index < -0.39 is 39.8 Å². The molecule has 2 aromatic carbocycles. The molecule has 0 bridgehead atoms. The molecular formula is C20H23BF2O5S. The largest absolute Gasteiger partial charge is 0.498 e. The van der Waals surface area contributed by atoms with Crippen molar-refractivity contribution in [3.63, 3.8) is 0 Å². The van der Waals surface area contributed by atoms with Gasteiger partial charge in [-0.05, 0) is 58.0 Å². The number of halogens is 2. The van der Waals surface area contributed by atoms with Gasteiger partial charge in [0.15, 0.2) is 21.4 Å². The SMILES string of the molecule is CCS(=O)(=O)c1ccc(Oc2ccc(F)cc2F)c(B2OC(C)(C)C(C)(C)O2)c1. The van der Waals surface area contributed by atoms with Crippen molar-refractivity contribution in [3.8, 4) is 11.5 Å². The fourth-order valence-electron chi connectivity index (χ4n) is 2.81. The van der Waals surface area contributed by atoms with E-state index >= 15 is 0 Å². The maximum Gasteiger partial charge on any atom is 0.498 e. The molecule has 0 aliphatic carbocycles. The lowest BCUT2D eigenvalue weighted by atomic mass is 9.78. The monoisotopic (exact) mass is 424 g/mol. The normalized spacial score (nSPS) is 18.1. The number of rotatable bonds is 5. The Labute approximate surface area is 170 Å². The first-order chi connectivity index (χ1) is 13.4. The van der Waals surface area contributed by atoms with E-state index in [1.54, 1.807) is 6.92 Å². The maximum absolute atomic E-state index is 14.1. The third kappa shape index (κ3) is 4.17. The molecule has 0 unspecified atom stereocenters. The molecule has 0 radical (unpaired) electrons. The van der Waals surface area contributed by atoms with Crippen LogP contribution in [0.4, 0.5) is 8.78 Å². The van der Waals surface area contributed by atoms with Crippen LogP contribution in [0, 0.1) is 11.6 Å². The van der Waals surface area contributed by atoms with Gasteiger partial charge in [0, 0.05) is 11.5 Å². The summed E-state index contributed by atoms with van der Waals surface area (Å²) in [6.07, 6.45) is 0. The van der Waals surface area contributed by atoms with Crippen molar-refractivity contribution in [2.45, 2.75) is 50.7 Å². The van der Waals surface area contributed by atoms with Crippen LogP contribution in [-0.4, -0.2) is 32.5 Å². The predicted molar refractivity (Wildman–Crippen MR) is 106 cm³/mol. The molecule has 0 saturated carbocycles. The molecule has 29 heavy (non-hydrogen) atoms. The number of ether oxygens (including phenoxy) is 1. The van der Waals surface area contributed by atoms with Crippen LogP contribution in [0.5, 0.6) is 11.5 Å². The quantitative estimate of drug-likeness (QED) is 0.683. The Kier molecular flexibility index (Phi) is 5.53. The Balaban J connectivity index is 2.09. The first-order valence-electron chi connectivity index (χ1n) is 9.21. The maximum atomic E-state index is 14.1. The van der Waals surface area contributed by atoms with Crippen molar-refractivity contribution < 1.29 is 31.2 Å². The highest BCUT2D eigenvalue weighted by atomic mass is 32.2. The van der Waals surface area contributed by atoms with Gasteiger partial charge in [-0.2, -0.15) is 0 Å². The number of hydrogen-bond donors (Lipinski definition) is 0. The van der Waals surface area contributed by atoms with Gasteiger partial charge in [-0.1, -0.05) is 6.92 Å². The molecule has 0 N–H and O–H groups in total. The van der Waals surface area contributed by atoms with E-state index in [0.717, 1.165) is 12.1 Å². The molecule has 1 aliphatic rings. The number of hydrogen-bond acceptors (Lipinski definition) is 5. The first kappa shape index (κ1) is 21.7. The van der Waals surface area contributed by atoms with Gasteiger partial charge in [-0.25, -0.2) is 17.2 Å². The molecule has 0 amide bonds. The van der Waals surface area contributed by atoms with Crippen LogP contribution in [0.25, 0.3) is 0 Å². The van der Waals surface area contributed by atoms with Crippen LogP contribution in [0.1, 0.15) is 34.6 Å². The molecule has 1 fully saturated rings. The summed E-state index contributed by atoms with van der Waals surface area (Å²) >= 11 is 0. The summed E-state index contributed by atoms with van der Waals surface area (Å²) < 4.78 is 69.7. The van der Waals surface area contributed by atoms with Crippen LogP contribution in [0.3, 0.4) is 0 Å². The van der Waals surface area contributed by atoms with E-state index in [4.69, 9.17) is 14.0 Å². The zero-order chi connectivity index (χ0) is 21.6. The van der Waals surface area contributed by atoms with Gasteiger partial charge in [0.25, 0.3) is 0 Å². The van der Waals surface area contributed by atoms with Crippen LogP contribution in [-0.2, 0) is 19.1 Å². The summed E-state index contributed by atoms with van der Waals surface area (Å²) in [5.74, 6) is -1.73. The van der Waals surface area contributed by atoms with Crippen molar-refractivity contribution in [1.29, 1.82) is 0 Å². The summed E-state index contributed by atoms with van der Waals surface area (Å²) in [7, 11) is -4.43. The third-order valence-electron chi connectivity index (χ3n) is 5.34. The van der Waals surface area contributed by atoms with Crippen molar-refractivity contribution >= 4 is 22.4 Å². The second kappa shape index (κ2) is 7.38. The highest BCUT2D eigenvalue weighted by Crippen LogP contribution is 2.38. The highest BCUT2D eigenvalue weighted by molar-refractivity contribution is 7.91. The van der Waals surface area contributed by atoms with Crippen molar-refractivity contribution in [1.82, 2.24) is 0 Å². The van der Waals surface area contributed by atoms with Gasteiger partial charge in [-0.15, -0.1) is 0 Å². The summed E-state index contributed by atoms with van der Waals surface area (Å²) in [5, 5.41) is 0. The fraction of sp³-hybridized carbons (Fsp3) is 0.400. The minimum absolute atomic E-state index is 0.0802. The first-order valence-corrected chi connectivity index (χ1v) is 10.9. The third-order valence-corrected chi connectivity index (χ3v) is 7.07. The average Bonchev–Trinajstić information content (AvgIpc) is 2.85. The zero-order valence-electron chi connectivity index (χ0n) is 17.0. The zero-order valence-corrected chi connectivity index (χ0v) is 17.8. The Morgan fingerprint density at radius 3 is 2.10 bits per heavy atom.